The van der Waals surface area contributed by atoms with Gasteiger partial charge in [0.2, 0.25) is 0 Å². The van der Waals surface area contributed by atoms with E-state index in [1.165, 1.54) is 7.05 Å². The second-order valence-electron chi connectivity index (χ2n) is 1.76. The molecular formula is C5H10N2Na2O5. The van der Waals surface area contributed by atoms with Crippen molar-refractivity contribution in [1.82, 2.24) is 5.06 Å². The number of nitrogens with zero attached hydrogens (tertiary/aromatic N) is 1. The molecule has 0 aliphatic rings. The van der Waals surface area contributed by atoms with Gasteiger partial charge in [-0.2, -0.15) is 5.06 Å². The molecule has 0 fully saturated rings. The molecular weight excluding hydrogens is 214 g/mol. The average molecular weight is 224 g/mol. The van der Waals surface area contributed by atoms with Crippen molar-refractivity contribution in [1.29, 1.82) is 0 Å². The molecule has 0 radical (unpaired) electrons. The third kappa shape index (κ3) is 38.5. The average Bonchev–Trinajstić information content (AvgIpc) is 1.85. The van der Waals surface area contributed by atoms with Gasteiger partial charge in [0.25, 0.3) is 0 Å². The maximum Gasteiger partial charge on any atom is 1.00 e. The number of hydrogen-bond donors (Lipinski definition) is 2. The molecule has 0 heterocycles. The summed E-state index contributed by atoms with van der Waals surface area (Å²) in [5.41, 5.74) is 4.51. The van der Waals surface area contributed by atoms with Crippen molar-refractivity contribution in [3.05, 3.63) is 0 Å². The summed E-state index contributed by atoms with van der Waals surface area (Å²) in [5, 5.41) is 27.3. The van der Waals surface area contributed by atoms with Gasteiger partial charge in [0.1, 0.15) is 0 Å². The van der Waals surface area contributed by atoms with Crippen LogP contribution in [0.15, 0.2) is 0 Å². The molecule has 0 aromatic carbocycles. The number of hydrogen-bond acceptors (Lipinski definition) is 7. The smallest absolute Gasteiger partial charge is 0.549 e. The van der Waals surface area contributed by atoms with E-state index in [0.29, 0.717) is 5.06 Å². The van der Waals surface area contributed by atoms with Crippen LogP contribution in [0, 0.1) is 0 Å². The summed E-state index contributed by atoms with van der Waals surface area (Å²) in [6.07, 6.45) is 0. The number of carbonyl (C=O) groups excluding carboxylic acids is 2. The van der Waals surface area contributed by atoms with E-state index >= 15 is 0 Å². The van der Waals surface area contributed by atoms with Crippen LogP contribution < -0.4 is 75.1 Å². The summed E-state index contributed by atoms with van der Waals surface area (Å²) in [5.74, 6) is -2.50. The van der Waals surface area contributed by atoms with Crippen molar-refractivity contribution >= 4 is 11.9 Å². The van der Waals surface area contributed by atoms with Crippen LogP contribution >= 0.6 is 0 Å². The Labute approximate surface area is 126 Å². The van der Waals surface area contributed by atoms with E-state index in [4.69, 9.17) is 15.1 Å². The van der Waals surface area contributed by atoms with Crippen LogP contribution in [0.4, 0.5) is 0 Å². The summed E-state index contributed by atoms with van der Waals surface area (Å²) >= 11 is 0. The van der Waals surface area contributed by atoms with Crippen LogP contribution in [0.2, 0.25) is 0 Å². The minimum absolute atomic E-state index is 0. The number of carboxylic acids is 2. The molecule has 14 heavy (non-hydrogen) atoms. The third-order valence-electron chi connectivity index (χ3n) is 0.525. The first-order chi connectivity index (χ1) is 5.40. The standard InChI is InChI=1S/C3H7NO3.C2H5NO2.2Na/c1-4(7)2-3(5)6;3-1-2(4)5;;/h7H,2H2,1H3,(H,5,6);1,3H2,(H,4,5);;/q;;2*+1/p-2. The number of carbonyl (C=O) groups is 2. The minimum atomic E-state index is -1.29. The predicted molar refractivity (Wildman–Crippen MR) is 33.5 cm³/mol. The zero-order chi connectivity index (χ0) is 10.1. The summed E-state index contributed by atoms with van der Waals surface area (Å²) in [6.45, 7) is -0.833. The van der Waals surface area contributed by atoms with Gasteiger partial charge in [-0.25, -0.2) is 0 Å². The van der Waals surface area contributed by atoms with Crippen molar-refractivity contribution in [3.8, 4) is 0 Å². The molecule has 9 heteroatoms. The van der Waals surface area contributed by atoms with E-state index < -0.39 is 18.5 Å². The number of nitrogens with two attached hydrogens (primary N) is 1. The Morgan fingerprint density at radius 1 is 1.29 bits per heavy atom. The van der Waals surface area contributed by atoms with Gasteiger partial charge >= 0.3 is 59.1 Å². The Bertz CT molecular complexity index is 155. The van der Waals surface area contributed by atoms with Crippen molar-refractivity contribution in [2.45, 2.75) is 0 Å². The molecule has 0 aromatic rings. The first-order valence-corrected chi connectivity index (χ1v) is 2.90. The Morgan fingerprint density at radius 2 is 1.57 bits per heavy atom. The van der Waals surface area contributed by atoms with Gasteiger partial charge in [0, 0.05) is 13.6 Å². The van der Waals surface area contributed by atoms with Gasteiger partial charge in [-0.15, -0.1) is 0 Å². The quantitative estimate of drug-likeness (QED) is 0.359. The van der Waals surface area contributed by atoms with Gasteiger partial charge in [0.15, 0.2) is 0 Å². The summed E-state index contributed by atoms with van der Waals surface area (Å²) < 4.78 is 0. The Hall–Kier alpha value is 0.820. The van der Waals surface area contributed by atoms with Crippen LogP contribution in [0.25, 0.3) is 0 Å². The zero-order valence-corrected chi connectivity index (χ0v) is 12.5. The summed E-state index contributed by atoms with van der Waals surface area (Å²) in [7, 11) is 1.23. The van der Waals surface area contributed by atoms with Gasteiger partial charge in [0.05, 0.1) is 18.5 Å². The molecule has 0 atom stereocenters. The third-order valence-corrected chi connectivity index (χ3v) is 0.525. The van der Waals surface area contributed by atoms with Gasteiger partial charge in [-0.3, -0.25) is 0 Å². The fraction of sp³-hybridized carbons (Fsp3) is 0.600. The number of rotatable bonds is 3. The SMILES string of the molecule is CN(O)CC(=O)[O-].NCC(=O)[O-].[Na+].[Na+]. The van der Waals surface area contributed by atoms with E-state index in [1.807, 2.05) is 0 Å². The number of likely N-dealkylation sites (N-methyl/N-ethyl adjacent to an activating group) is 1. The zero-order valence-electron chi connectivity index (χ0n) is 8.52. The Balaban J connectivity index is -0.0000000651. The van der Waals surface area contributed by atoms with Gasteiger partial charge in [-0.1, -0.05) is 0 Å². The first-order valence-electron chi connectivity index (χ1n) is 2.90. The predicted octanol–water partition coefficient (Wildman–Crippen LogP) is -10.2. The monoisotopic (exact) mass is 224 g/mol. The molecule has 7 nitrogen and oxygen atoms in total. The normalized spacial score (nSPS) is 7.43. The molecule has 0 aliphatic carbocycles. The van der Waals surface area contributed by atoms with Crippen LogP contribution in [-0.4, -0.2) is 42.3 Å². The van der Waals surface area contributed by atoms with Crippen LogP contribution in [-0.2, 0) is 9.59 Å². The fourth-order valence-corrected chi connectivity index (χ4v) is 0.187. The molecule has 3 N–H and O–H groups in total. The minimum Gasteiger partial charge on any atom is -0.549 e. The molecule has 0 aromatic heterocycles. The van der Waals surface area contributed by atoms with Crippen molar-refractivity contribution < 1.29 is 84.1 Å². The van der Waals surface area contributed by atoms with E-state index in [-0.39, 0.29) is 65.7 Å². The molecule has 0 unspecified atom stereocenters. The van der Waals surface area contributed by atoms with Gasteiger partial charge in [-0.05, 0) is 0 Å². The molecule has 0 bridgehead atoms. The van der Waals surface area contributed by atoms with Crippen LogP contribution in [0.3, 0.4) is 0 Å². The van der Waals surface area contributed by atoms with E-state index in [0.717, 1.165) is 0 Å². The summed E-state index contributed by atoms with van der Waals surface area (Å²) in [6, 6.07) is 0. The van der Waals surface area contributed by atoms with Crippen molar-refractivity contribution in [3.63, 3.8) is 0 Å². The summed E-state index contributed by atoms with van der Waals surface area (Å²) in [4.78, 5) is 18.6. The second-order valence-corrected chi connectivity index (χ2v) is 1.76. The number of hydroxylamine groups is 2. The van der Waals surface area contributed by atoms with Crippen LogP contribution in [0.1, 0.15) is 0 Å². The molecule has 0 spiro atoms. The number of carboxylic acid groups (broad SMARTS) is 2. The maximum atomic E-state index is 9.50. The first kappa shape index (κ1) is 24.2. The maximum absolute atomic E-state index is 9.50. The molecule has 0 saturated heterocycles. The molecule has 0 amide bonds. The Morgan fingerprint density at radius 3 is 1.57 bits per heavy atom. The Kier molecular flexibility index (Phi) is 28.1. The van der Waals surface area contributed by atoms with E-state index in [9.17, 15) is 9.90 Å². The van der Waals surface area contributed by atoms with E-state index in [2.05, 4.69) is 5.73 Å². The van der Waals surface area contributed by atoms with Crippen molar-refractivity contribution in [2.24, 2.45) is 5.73 Å². The molecule has 0 saturated carbocycles. The fourth-order valence-electron chi connectivity index (χ4n) is 0.187. The molecule has 0 aliphatic heterocycles. The van der Waals surface area contributed by atoms with Crippen LogP contribution in [0.5, 0.6) is 0 Å². The van der Waals surface area contributed by atoms with Gasteiger partial charge < -0.3 is 30.7 Å². The topological polar surface area (TPSA) is 130 Å². The largest absolute Gasteiger partial charge is 1.00 e. The van der Waals surface area contributed by atoms with Crippen molar-refractivity contribution in [2.75, 3.05) is 20.1 Å². The molecule has 0 rings (SSSR count). The second kappa shape index (κ2) is 16.3. The van der Waals surface area contributed by atoms with E-state index in [1.54, 1.807) is 0 Å². The number of aliphatic carboxylic acids is 2. The molecule has 72 valence electrons.